The molecular weight excluding hydrogens is 436 g/mol. The number of carbonyl (C=O) groups excluding carboxylic acids is 1. The molecule has 1 fully saturated rings. The maximum Gasteiger partial charge on any atom is 0.343 e. The molecule has 0 unspecified atom stereocenters. The topological polar surface area (TPSA) is 108 Å². The van der Waals surface area contributed by atoms with Crippen molar-refractivity contribution in [2.45, 2.75) is 70.9 Å². The van der Waals surface area contributed by atoms with Crippen LogP contribution in [0.2, 0.25) is 0 Å². The number of methoxy groups -OCH3 is 1. The van der Waals surface area contributed by atoms with Crippen LogP contribution in [0, 0.1) is 0 Å². The number of H-pyrrole nitrogens is 1. The minimum atomic E-state index is -0.431. The van der Waals surface area contributed by atoms with E-state index in [1.807, 2.05) is 31.2 Å². The highest BCUT2D eigenvalue weighted by Gasteiger charge is 2.23. The first kappa shape index (κ1) is 23.8. The Labute approximate surface area is 197 Å². The molecule has 1 N–H and O–H groups in total. The smallest absolute Gasteiger partial charge is 0.343 e. The van der Waals surface area contributed by atoms with Crippen molar-refractivity contribution in [3.05, 3.63) is 56.5 Å². The van der Waals surface area contributed by atoms with Crippen molar-refractivity contribution in [3.63, 3.8) is 0 Å². The quantitative estimate of drug-likeness (QED) is 0.458. The van der Waals surface area contributed by atoms with Crippen molar-refractivity contribution < 1.29 is 14.3 Å². The van der Waals surface area contributed by atoms with Gasteiger partial charge in [0, 0.05) is 19.0 Å². The number of hydrogen-bond donors (Lipinski definition) is 1. The molecule has 0 amide bonds. The average molecular weight is 469 g/mol. The summed E-state index contributed by atoms with van der Waals surface area (Å²) in [5.74, 6) is 1.32. The third kappa shape index (κ3) is 5.08. The number of hydrogen-bond acceptors (Lipinski definition) is 6. The van der Waals surface area contributed by atoms with Crippen LogP contribution in [0.15, 0.2) is 33.9 Å². The summed E-state index contributed by atoms with van der Waals surface area (Å²) in [4.78, 5) is 45.4. The molecule has 0 saturated heterocycles. The fourth-order valence-corrected chi connectivity index (χ4v) is 4.59. The van der Waals surface area contributed by atoms with Crippen LogP contribution in [0.3, 0.4) is 0 Å². The van der Waals surface area contributed by atoms with Crippen molar-refractivity contribution >= 4 is 17.1 Å². The SMILES string of the molecule is CCCn1c(=O)c2[nH]c(C3CCCC3)nc2n(CCCc2ccc(OCC(=O)OC)cc2)c1=O. The molecule has 0 radical (unpaired) electrons. The van der Waals surface area contributed by atoms with Gasteiger partial charge in [0.25, 0.3) is 5.56 Å². The molecule has 34 heavy (non-hydrogen) atoms. The fraction of sp³-hybridized carbons (Fsp3) is 0.520. The van der Waals surface area contributed by atoms with Gasteiger partial charge in [0.1, 0.15) is 17.1 Å². The van der Waals surface area contributed by atoms with E-state index in [1.165, 1.54) is 24.5 Å². The number of nitrogens with one attached hydrogen (secondary N) is 1. The van der Waals surface area contributed by atoms with Gasteiger partial charge in [-0.3, -0.25) is 13.9 Å². The Kier molecular flexibility index (Phi) is 7.49. The minimum Gasteiger partial charge on any atom is -0.482 e. The van der Waals surface area contributed by atoms with E-state index in [1.54, 1.807) is 4.57 Å². The summed E-state index contributed by atoms with van der Waals surface area (Å²) >= 11 is 0. The van der Waals surface area contributed by atoms with Crippen LogP contribution < -0.4 is 16.0 Å². The molecule has 1 aliphatic carbocycles. The summed E-state index contributed by atoms with van der Waals surface area (Å²) in [7, 11) is 1.32. The Bertz CT molecular complexity index is 1250. The van der Waals surface area contributed by atoms with E-state index in [0.29, 0.717) is 48.8 Å². The predicted molar refractivity (Wildman–Crippen MR) is 128 cm³/mol. The van der Waals surface area contributed by atoms with E-state index < -0.39 is 5.97 Å². The highest BCUT2D eigenvalue weighted by Crippen LogP contribution is 2.32. The summed E-state index contributed by atoms with van der Waals surface area (Å²) in [5, 5.41) is 0. The minimum absolute atomic E-state index is 0.130. The molecule has 1 aliphatic rings. The summed E-state index contributed by atoms with van der Waals surface area (Å²) in [6, 6.07) is 7.50. The van der Waals surface area contributed by atoms with Gasteiger partial charge in [-0.2, -0.15) is 0 Å². The van der Waals surface area contributed by atoms with Crippen LogP contribution >= 0.6 is 0 Å². The zero-order valence-electron chi connectivity index (χ0n) is 19.8. The maximum atomic E-state index is 13.2. The molecule has 1 saturated carbocycles. The van der Waals surface area contributed by atoms with Crippen LogP contribution in [0.1, 0.15) is 62.8 Å². The third-order valence-electron chi connectivity index (χ3n) is 6.42. The lowest BCUT2D eigenvalue weighted by molar-refractivity contribution is -0.142. The molecule has 182 valence electrons. The Morgan fingerprint density at radius 1 is 1.12 bits per heavy atom. The fourth-order valence-electron chi connectivity index (χ4n) is 4.59. The molecule has 1 aromatic carbocycles. The van der Waals surface area contributed by atoms with E-state index >= 15 is 0 Å². The second-order valence-corrected chi connectivity index (χ2v) is 8.81. The van der Waals surface area contributed by atoms with E-state index in [4.69, 9.17) is 9.72 Å². The number of benzene rings is 1. The molecule has 4 rings (SSSR count). The largest absolute Gasteiger partial charge is 0.482 e. The maximum absolute atomic E-state index is 13.2. The van der Waals surface area contributed by atoms with Crippen molar-refractivity contribution in [1.82, 2.24) is 19.1 Å². The number of carbonyl (C=O) groups is 1. The monoisotopic (exact) mass is 468 g/mol. The number of esters is 1. The molecule has 0 spiro atoms. The van der Waals surface area contributed by atoms with E-state index in [9.17, 15) is 14.4 Å². The molecule has 0 aliphatic heterocycles. The molecule has 0 atom stereocenters. The summed E-state index contributed by atoms with van der Waals surface area (Å²) < 4.78 is 12.9. The zero-order valence-corrected chi connectivity index (χ0v) is 19.8. The van der Waals surface area contributed by atoms with Gasteiger partial charge in [-0.25, -0.2) is 14.6 Å². The number of aromatic nitrogens is 4. The molecular formula is C25H32N4O5. The molecule has 9 nitrogen and oxygen atoms in total. The van der Waals surface area contributed by atoms with Crippen LogP contribution in [-0.4, -0.2) is 38.8 Å². The van der Waals surface area contributed by atoms with Crippen molar-refractivity contribution in [2.75, 3.05) is 13.7 Å². The van der Waals surface area contributed by atoms with Gasteiger partial charge in [-0.1, -0.05) is 31.9 Å². The second kappa shape index (κ2) is 10.7. The molecule has 0 bridgehead atoms. The van der Waals surface area contributed by atoms with Gasteiger partial charge in [0.15, 0.2) is 12.3 Å². The van der Waals surface area contributed by atoms with Crippen LogP contribution in [0.5, 0.6) is 5.75 Å². The number of imidazole rings is 1. The summed E-state index contributed by atoms with van der Waals surface area (Å²) in [5.41, 5.74) is 1.41. The van der Waals surface area contributed by atoms with E-state index in [0.717, 1.165) is 30.7 Å². The molecule has 2 heterocycles. The van der Waals surface area contributed by atoms with Crippen molar-refractivity contribution in [3.8, 4) is 5.75 Å². The number of nitrogens with zero attached hydrogens (tertiary/aromatic N) is 3. The third-order valence-corrected chi connectivity index (χ3v) is 6.42. The standard InChI is InChI=1S/C25H32N4O5/c1-3-14-29-24(31)21-23(27-22(26-21)18-8-4-5-9-18)28(25(29)32)15-6-7-17-10-12-19(13-11-17)34-16-20(30)33-2/h10-13,18H,3-9,14-16H2,1-2H3,(H,26,27). The Hall–Kier alpha value is -3.36. The average Bonchev–Trinajstić information content (AvgIpc) is 3.53. The lowest BCUT2D eigenvalue weighted by atomic mass is 10.1. The first-order chi connectivity index (χ1) is 16.5. The zero-order chi connectivity index (χ0) is 24.1. The van der Waals surface area contributed by atoms with Crippen LogP contribution in [-0.2, 0) is 29.0 Å². The van der Waals surface area contributed by atoms with Crippen molar-refractivity contribution in [1.29, 1.82) is 0 Å². The Balaban J connectivity index is 1.52. The second-order valence-electron chi connectivity index (χ2n) is 8.81. The molecule has 9 heteroatoms. The molecule has 2 aromatic heterocycles. The lowest BCUT2D eigenvalue weighted by Gasteiger charge is -2.11. The lowest BCUT2D eigenvalue weighted by Crippen LogP contribution is -2.40. The normalized spacial score (nSPS) is 14.1. The van der Waals surface area contributed by atoms with E-state index in [-0.39, 0.29) is 17.9 Å². The van der Waals surface area contributed by atoms with Gasteiger partial charge in [0.05, 0.1) is 7.11 Å². The van der Waals surface area contributed by atoms with Crippen LogP contribution in [0.25, 0.3) is 11.2 Å². The van der Waals surface area contributed by atoms with Crippen molar-refractivity contribution in [2.24, 2.45) is 0 Å². The number of fused-ring (bicyclic) bond motifs is 1. The number of ether oxygens (including phenoxy) is 2. The van der Waals surface area contributed by atoms with Gasteiger partial charge < -0.3 is 14.5 Å². The molecule has 3 aromatic rings. The van der Waals surface area contributed by atoms with Crippen LogP contribution in [0.4, 0.5) is 0 Å². The van der Waals surface area contributed by atoms with Gasteiger partial charge in [-0.05, 0) is 49.8 Å². The Morgan fingerprint density at radius 3 is 2.53 bits per heavy atom. The highest BCUT2D eigenvalue weighted by molar-refractivity contribution is 5.71. The van der Waals surface area contributed by atoms with Gasteiger partial charge in [0.2, 0.25) is 0 Å². The first-order valence-electron chi connectivity index (χ1n) is 12.0. The highest BCUT2D eigenvalue weighted by atomic mass is 16.6. The Morgan fingerprint density at radius 2 is 1.85 bits per heavy atom. The summed E-state index contributed by atoms with van der Waals surface area (Å²) in [6.45, 7) is 2.68. The van der Waals surface area contributed by atoms with Gasteiger partial charge in [-0.15, -0.1) is 0 Å². The number of aromatic amines is 1. The number of aryl methyl sites for hydroxylation is 2. The predicted octanol–water partition coefficient (Wildman–Crippen LogP) is 3.14. The summed E-state index contributed by atoms with van der Waals surface area (Å²) in [6.07, 6.45) is 6.63. The van der Waals surface area contributed by atoms with E-state index in [2.05, 4.69) is 9.72 Å². The first-order valence-corrected chi connectivity index (χ1v) is 12.0. The van der Waals surface area contributed by atoms with Gasteiger partial charge >= 0.3 is 11.7 Å². The number of rotatable bonds is 10.